The van der Waals surface area contributed by atoms with E-state index in [-0.39, 0.29) is 0 Å². The Morgan fingerprint density at radius 3 is 1.44 bits per heavy atom. The summed E-state index contributed by atoms with van der Waals surface area (Å²) < 4.78 is 0. The third kappa shape index (κ3) is 11.0. The van der Waals surface area contributed by atoms with E-state index in [2.05, 4.69) is 203 Å². The number of fused-ring (bicyclic) bond motifs is 2. The smallest absolute Gasteiger partial charge is 0.0390 e. The zero-order valence-electron chi connectivity index (χ0n) is 39.1. The van der Waals surface area contributed by atoms with Crippen LogP contribution in [0.5, 0.6) is 0 Å². The number of anilines is 4. The van der Waals surface area contributed by atoms with Crippen molar-refractivity contribution >= 4 is 44.3 Å². The van der Waals surface area contributed by atoms with E-state index in [1.165, 1.54) is 148 Å². The third-order valence-corrected chi connectivity index (χ3v) is 13.4. The minimum atomic E-state index is 0.554. The van der Waals surface area contributed by atoms with Crippen LogP contribution in [0, 0.1) is 13.8 Å². The van der Waals surface area contributed by atoms with Crippen molar-refractivity contribution in [3.05, 3.63) is 180 Å². The van der Waals surface area contributed by atoms with E-state index < -0.39 is 0 Å². The standard InChI is InChI=1S/C62H68N2/c1-6-8-10-12-13-15-21-47-22-16-26-55(38-47)63-57-28-18-24-51(40-57)53-36-34-48-32-30-45(4)61(59(48)42-53)62-46(5)31-33-49-35-37-54(43-60(49)62)52-25-19-29-58(41-52)64-56-27-17-23-50(39-56)44(3)20-14-11-9-7-2/h16-19,22-44,63-64H,6-15,20-21H2,1-5H3. The summed E-state index contributed by atoms with van der Waals surface area (Å²) in [6, 6.07) is 58.9. The first-order chi connectivity index (χ1) is 31.4. The number of hydrogen-bond donors (Lipinski definition) is 2. The molecule has 8 aromatic carbocycles. The zero-order valence-corrected chi connectivity index (χ0v) is 39.1. The van der Waals surface area contributed by atoms with Gasteiger partial charge >= 0.3 is 0 Å². The second-order valence-electron chi connectivity index (χ2n) is 18.4. The SMILES string of the molecule is CCCCCCCCc1cccc(Nc2cccc(-c3ccc4ccc(C)c(-c5c(C)ccc6ccc(-c7cccc(Nc8cccc(C(C)CCCCCC)c8)c7)cc56)c4c3)c2)c1. The molecule has 2 N–H and O–H groups in total. The van der Waals surface area contributed by atoms with Gasteiger partial charge in [-0.15, -0.1) is 0 Å². The summed E-state index contributed by atoms with van der Waals surface area (Å²) in [6.07, 6.45) is 15.5. The van der Waals surface area contributed by atoms with Gasteiger partial charge in [0, 0.05) is 22.7 Å². The Balaban J connectivity index is 1.06. The van der Waals surface area contributed by atoms with E-state index in [0.717, 1.165) is 29.2 Å². The number of nitrogens with one attached hydrogen (secondary N) is 2. The fourth-order valence-corrected chi connectivity index (χ4v) is 9.65. The zero-order chi connectivity index (χ0) is 44.3. The Morgan fingerprint density at radius 1 is 0.406 bits per heavy atom. The topological polar surface area (TPSA) is 24.1 Å². The van der Waals surface area contributed by atoms with E-state index in [0.29, 0.717) is 5.92 Å². The molecular formula is C62H68N2. The molecule has 0 aromatic heterocycles. The van der Waals surface area contributed by atoms with Gasteiger partial charge in [-0.2, -0.15) is 0 Å². The first kappa shape index (κ1) is 44.5. The summed E-state index contributed by atoms with van der Waals surface area (Å²) in [5.74, 6) is 0.554. The molecule has 326 valence electrons. The second-order valence-corrected chi connectivity index (χ2v) is 18.4. The molecule has 1 atom stereocenters. The molecule has 0 aliphatic carbocycles. The van der Waals surface area contributed by atoms with E-state index >= 15 is 0 Å². The summed E-state index contributed by atoms with van der Waals surface area (Å²) in [5.41, 5.74) is 17.3. The van der Waals surface area contributed by atoms with Crippen LogP contribution in [-0.2, 0) is 6.42 Å². The van der Waals surface area contributed by atoms with Crippen LogP contribution in [0.25, 0.3) is 54.9 Å². The maximum atomic E-state index is 3.74. The van der Waals surface area contributed by atoms with E-state index in [9.17, 15) is 0 Å². The molecule has 0 radical (unpaired) electrons. The maximum absolute atomic E-state index is 3.74. The van der Waals surface area contributed by atoms with Crippen LogP contribution in [0.15, 0.2) is 158 Å². The first-order valence-electron chi connectivity index (χ1n) is 24.4. The van der Waals surface area contributed by atoms with Crippen LogP contribution in [0.3, 0.4) is 0 Å². The van der Waals surface area contributed by atoms with Gasteiger partial charge in [0.2, 0.25) is 0 Å². The highest BCUT2D eigenvalue weighted by Crippen LogP contribution is 2.42. The molecule has 0 aliphatic heterocycles. The molecular weight excluding hydrogens is 773 g/mol. The molecule has 0 heterocycles. The molecule has 0 amide bonds. The minimum absolute atomic E-state index is 0.554. The Bertz CT molecular complexity index is 2810. The summed E-state index contributed by atoms with van der Waals surface area (Å²) in [4.78, 5) is 0. The minimum Gasteiger partial charge on any atom is -0.356 e. The molecule has 0 aliphatic rings. The molecule has 0 spiro atoms. The van der Waals surface area contributed by atoms with Crippen molar-refractivity contribution in [3.63, 3.8) is 0 Å². The molecule has 1 unspecified atom stereocenters. The molecule has 0 saturated heterocycles. The molecule has 8 aromatic rings. The normalized spacial score (nSPS) is 11.9. The van der Waals surface area contributed by atoms with Crippen molar-refractivity contribution in [3.8, 4) is 33.4 Å². The quantitative estimate of drug-likeness (QED) is 0.0747. The Kier molecular flexibility index (Phi) is 14.9. The Hall–Kier alpha value is -6.12. The van der Waals surface area contributed by atoms with Crippen molar-refractivity contribution < 1.29 is 0 Å². The van der Waals surface area contributed by atoms with Gasteiger partial charge in [-0.1, -0.05) is 176 Å². The molecule has 2 nitrogen and oxygen atoms in total. The lowest BCUT2D eigenvalue weighted by Gasteiger charge is -2.18. The van der Waals surface area contributed by atoms with Crippen LogP contribution >= 0.6 is 0 Å². The lowest BCUT2D eigenvalue weighted by atomic mass is 9.86. The van der Waals surface area contributed by atoms with Crippen LogP contribution in [0.1, 0.15) is 120 Å². The number of rotatable bonds is 20. The highest BCUT2D eigenvalue weighted by molar-refractivity contribution is 6.09. The van der Waals surface area contributed by atoms with Crippen molar-refractivity contribution in [2.24, 2.45) is 0 Å². The fourth-order valence-electron chi connectivity index (χ4n) is 9.65. The van der Waals surface area contributed by atoms with Gasteiger partial charge in [-0.25, -0.2) is 0 Å². The van der Waals surface area contributed by atoms with Gasteiger partial charge in [0.25, 0.3) is 0 Å². The highest BCUT2D eigenvalue weighted by Gasteiger charge is 2.16. The van der Waals surface area contributed by atoms with Gasteiger partial charge in [-0.3, -0.25) is 0 Å². The monoisotopic (exact) mass is 841 g/mol. The van der Waals surface area contributed by atoms with Gasteiger partial charge in [-0.05, 0) is 177 Å². The number of unbranched alkanes of at least 4 members (excludes halogenated alkanes) is 8. The number of hydrogen-bond acceptors (Lipinski definition) is 2. The van der Waals surface area contributed by atoms with Crippen molar-refractivity contribution in [1.82, 2.24) is 0 Å². The largest absolute Gasteiger partial charge is 0.356 e. The molecule has 0 bridgehead atoms. The van der Waals surface area contributed by atoms with Crippen molar-refractivity contribution in [2.45, 2.75) is 118 Å². The van der Waals surface area contributed by atoms with E-state index in [1.807, 2.05) is 0 Å². The van der Waals surface area contributed by atoms with Gasteiger partial charge < -0.3 is 10.6 Å². The van der Waals surface area contributed by atoms with E-state index in [1.54, 1.807) is 0 Å². The molecule has 0 saturated carbocycles. The summed E-state index contributed by atoms with van der Waals surface area (Å²) in [6.45, 7) is 11.5. The predicted molar refractivity (Wildman–Crippen MR) is 281 cm³/mol. The predicted octanol–water partition coefficient (Wildman–Crippen LogP) is 19.1. The lowest BCUT2D eigenvalue weighted by Crippen LogP contribution is -1.97. The fraction of sp³-hybridized carbons (Fsp3) is 0.290. The number of benzene rings is 8. The molecule has 64 heavy (non-hydrogen) atoms. The van der Waals surface area contributed by atoms with Crippen LogP contribution in [-0.4, -0.2) is 0 Å². The van der Waals surface area contributed by atoms with E-state index in [4.69, 9.17) is 0 Å². The van der Waals surface area contributed by atoms with Crippen molar-refractivity contribution in [1.29, 1.82) is 0 Å². The third-order valence-electron chi connectivity index (χ3n) is 13.4. The van der Waals surface area contributed by atoms with Gasteiger partial charge in [0.1, 0.15) is 0 Å². The Morgan fingerprint density at radius 2 is 0.859 bits per heavy atom. The Labute approximate surface area is 384 Å². The molecule has 2 heteroatoms. The highest BCUT2D eigenvalue weighted by atomic mass is 14.9. The molecule has 0 fully saturated rings. The molecule has 8 rings (SSSR count). The summed E-state index contributed by atoms with van der Waals surface area (Å²) in [5, 5.41) is 12.5. The lowest BCUT2D eigenvalue weighted by molar-refractivity contribution is 0.580. The van der Waals surface area contributed by atoms with Crippen LogP contribution in [0.4, 0.5) is 22.7 Å². The van der Waals surface area contributed by atoms with Crippen LogP contribution in [0.2, 0.25) is 0 Å². The summed E-state index contributed by atoms with van der Waals surface area (Å²) >= 11 is 0. The summed E-state index contributed by atoms with van der Waals surface area (Å²) in [7, 11) is 0. The maximum Gasteiger partial charge on any atom is 0.0390 e. The van der Waals surface area contributed by atoms with Crippen molar-refractivity contribution in [2.75, 3.05) is 10.6 Å². The van der Waals surface area contributed by atoms with Gasteiger partial charge in [0.05, 0.1) is 0 Å². The average Bonchev–Trinajstić information content (AvgIpc) is 3.32. The van der Waals surface area contributed by atoms with Gasteiger partial charge in [0.15, 0.2) is 0 Å². The first-order valence-corrected chi connectivity index (χ1v) is 24.4. The number of aryl methyl sites for hydroxylation is 3. The average molecular weight is 841 g/mol. The van der Waals surface area contributed by atoms with Crippen LogP contribution < -0.4 is 10.6 Å². The second kappa shape index (κ2) is 21.5.